The molecule has 0 aliphatic carbocycles. The molecule has 1 fully saturated rings. The first-order chi connectivity index (χ1) is 10.1. The average Bonchev–Trinajstić information content (AvgIpc) is 2.51. The van der Waals surface area contributed by atoms with Gasteiger partial charge in [-0.1, -0.05) is 12.1 Å². The minimum absolute atomic E-state index is 0.0806. The van der Waals surface area contributed by atoms with Gasteiger partial charge < -0.3 is 9.64 Å². The second kappa shape index (κ2) is 5.45. The van der Waals surface area contributed by atoms with E-state index in [4.69, 9.17) is 4.74 Å². The molecule has 1 aliphatic rings. The van der Waals surface area contributed by atoms with Gasteiger partial charge in [0.1, 0.15) is 0 Å². The number of ether oxygens (including phenoxy) is 1. The van der Waals surface area contributed by atoms with Gasteiger partial charge in [0, 0.05) is 24.2 Å². The van der Waals surface area contributed by atoms with Gasteiger partial charge in [-0.05, 0) is 38.0 Å². The fraction of sp³-hybridized carbons (Fsp3) is 0.412. The smallest absolute Gasteiger partial charge is 0.254 e. The summed E-state index contributed by atoms with van der Waals surface area (Å²) in [5.41, 5.74) is 4.92. The lowest BCUT2D eigenvalue weighted by Crippen LogP contribution is -2.40. The van der Waals surface area contributed by atoms with Gasteiger partial charge in [0.2, 0.25) is 0 Å². The highest BCUT2D eigenvalue weighted by Crippen LogP contribution is 2.25. The summed E-state index contributed by atoms with van der Waals surface area (Å²) in [7, 11) is 0. The van der Waals surface area contributed by atoms with E-state index in [2.05, 4.69) is 24.9 Å². The van der Waals surface area contributed by atoms with Crippen LogP contribution in [0.25, 0.3) is 10.9 Å². The highest BCUT2D eigenvalue weighted by atomic mass is 16.5. The highest BCUT2D eigenvalue weighted by Gasteiger charge is 2.21. The number of hydrogen-bond donors (Lipinski definition) is 0. The van der Waals surface area contributed by atoms with Crippen molar-refractivity contribution in [1.29, 1.82) is 0 Å². The van der Waals surface area contributed by atoms with Crippen molar-refractivity contribution in [1.82, 2.24) is 9.88 Å². The number of fused-ring (bicyclic) bond motifs is 1. The van der Waals surface area contributed by atoms with Crippen LogP contribution in [-0.2, 0) is 4.74 Å². The van der Waals surface area contributed by atoms with E-state index in [0.717, 1.165) is 27.7 Å². The number of hydrogen-bond acceptors (Lipinski definition) is 3. The third-order valence-electron chi connectivity index (χ3n) is 4.16. The molecule has 1 amide bonds. The lowest BCUT2D eigenvalue weighted by molar-refractivity contribution is 0.0304. The molecule has 0 spiro atoms. The van der Waals surface area contributed by atoms with Crippen molar-refractivity contribution in [2.45, 2.75) is 20.8 Å². The average molecular weight is 284 g/mol. The molecule has 0 saturated carbocycles. The minimum atomic E-state index is 0.0806. The molecule has 3 rings (SSSR count). The molecule has 0 radical (unpaired) electrons. The number of carbonyl (C=O) groups excluding carboxylic acids is 1. The maximum atomic E-state index is 12.8. The third kappa shape index (κ3) is 2.51. The predicted octanol–water partition coefficient (Wildman–Crippen LogP) is 2.63. The van der Waals surface area contributed by atoms with E-state index in [0.29, 0.717) is 26.3 Å². The first kappa shape index (κ1) is 14.0. The van der Waals surface area contributed by atoms with Crippen LogP contribution in [0.2, 0.25) is 0 Å². The molecule has 0 bridgehead atoms. The van der Waals surface area contributed by atoms with Crippen molar-refractivity contribution in [3.05, 3.63) is 40.6 Å². The first-order valence-corrected chi connectivity index (χ1v) is 7.32. The summed E-state index contributed by atoms with van der Waals surface area (Å²) < 4.78 is 5.33. The molecule has 21 heavy (non-hydrogen) atoms. The van der Waals surface area contributed by atoms with E-state index in [-0.39, 0.29) is 5.91 Å². The van der Waals surface area contributed by atoms with Crippen molar-refractivity contribution in [2.75, 3.05) is 26.3 Å². The Morgan fingerprint density at radius 3 is 2.62 bits per heavy atom. The molecular formula is C17H20N2O2. The van der Waals surface area contributed by atoms with Gasteiger partial charge in [0.15, 0.2) is 0 Å². The molecule has 1 saturated heterocycles. The van der Waals surface area contributed by atoms with Gasteiger partial charge in [-0.15, -0.1) is 0 Å². The number of benzene rings is 1. The van der Waals surface area contributed by atoms with Crippen LogP contribution < -0.4 is 0 Å². The maximum absolute atomic E-state index is 12.8. The minimum Gasteiger partial charge on any atom is -0.378 e. The number of nitrogens with zero attached hydrogens (tertiary/aromatic N) is 2. The molecule has 1 aliphatic heterocycles. The predicted molar refractivity (Wildman–Crippen MR) is 82.7 cm³/mol. The van der Waals surface area contributed by atoms with Gasteiger partial charge in [-0.2, -0.15) is 0 Å². The first-order valence-electron chi connectivity index (χ1n) is 7.32. The van der Waals surface area contributed by atoms with Gasteiger partial charge in [0.25, 0.3) is 5.91 Å². The standard InChI is InChI=1S/C17H20N2O2/c1-11-4-5-14-15(10-12(2)18-16(14)13(11)3)17(20)19-6-8-21-9-7-19/h4-5,10H,6-9H2,1-3H3. The Morgan fingerprint density at radius 1 is 1.19 bits per heavy atom. The fourth-order valence-electron chi connectivity index (χ4n) is 2.77. The Kier molecular flexibility index (Phi) is 3.64. The number of carbonyl (C=O) groups is 1. The van der Waals surface area contributed by atoms with E-state index in [1.54, 1.807) is 0 Å². The Bertz CT molecular complexity index is 703. The molecule has 110 valence electrons. The topological polar surface area (TPSA) is 42.4 Å². The zero-order valence-electron chi connectivity index (χ0n) is 12.8. The molecule has 0 N–H and O–H groups in total. The SMILES string of the molecule is Cc1cc(C(=O)N2CCOCC2)c2ccc(C)c(C)c2n1. The monoisotopic (exact) mass is 284 g/mol. The van der Waals surface area contributed by atoms with Crippen molar-refractivity contribution >= 4 is 16.8 Å². The molecule has 0 atom stereocenters. The fourth-order valence-corrected chi connectivity index (χ4v) is 2.77. The zero-order chi connectivity index (χ0) is 15.0. The molecule has 4 nitrogen and oxygen atoms in total. The van der Waals surface area contributed by atoms with Crippen LogP contribution in [0.1, 0.15) is 27.2 Å². The van der Waals surface area contributed by atoms with Crippen LogP contribution >= 0.6 is 0 Å². The zero-order valence-corrected chi connectivity index (χ0v) is 12.8. The molecule has 0 unspecified atom stereocenters. The van der Waals surface area contributed by atoms with Crippen molar-refractivity contribution in [3.63, 3.8) is 0 Å². The van der Waals surface area contributed by atoms with Crippen molar-refractivity contribution in [3.8, 4) is 0 Å². The van der Waals surface area contributed by atoms with Crippen molar-refractivity contribution < 1.29 is 9.53 Å². The Morgan fingerprint density at radius 2 is 1.90 bits per heavy atom. The number of aromatic nitrogens is 1. The largest absolute Gasteiger partial charge is 0.378 e. The van der Waals surface area contributed by atoms with Crippen LogP contribution in [0.3, 0.4) is 0 Å². The van der Waals surface area contributed by atoms with Crippen LogP contribution in [0.5, 0.6) is 0 Å². The molecule has 4 heteroatoms. The van der Waals surface area contributed by atoms with E-state index < -0.39 is 0 Å². The summed E-state index contributed by atoms with van der Waals surface area (Å²) in [5.74, 6) is 0.0806. The molecule has 2 aromatic rings. The Balaban J connectivity index is 2.13. The molecule has 2 heterocycles. The Labute approximate surface area is 124 Å². The van der Waals surface area contributed by atoms with Crippen LogP contribution in [0.15, 0.2) is 18.2 Å². The van der Waals surface area contributed by atoms with Gasteiger partial charge >= 0.3 is 0 Å². The second-order valence-electron chi connectivity index (χ2n) is 5.62. The van der Waals surface area contributed by atoms with Gasteiger partial charge in [0.05, 0.1) is 24.3 Å². The van der Waals surface area contributed by atoms with Crippen LogP contribution in [-0.4, -0.2) is 42.1 Å². The lowest BCUT2D eigenvalue weighted by Gasteiger charge is -2.27. The third-order valence-corrected chi connectivity index (χ3v) is 4.16. The number of aryl methyl sites for hydroxylation is 3. The van der Waals surface area contributed by atoms with Crippen LogP contribution in [0.4, 0.5) is 0 Å². The van der Waals surface area contributed by atoms with Gasteiger partial charge in [-0.25, -0.2) is 0 Å². The summed E-state index contributed by atoms with van der Waals surface area (Å²) in [4.78, 5) is 19.3. The maximum Gasteiger partial charge on any atom is 0.254 e. The molecule has 1 aromatic heterocycles. The summed E-state index contributed by atoms with van der Waals surface area (Å²) in [6.07, 6.45) is 0. The Hall–Kier alpha value is -1.94. The second-order valence-corrected chi connectivity index (χ2v) is 5.62. The lowest BCUT2D eigenvalue weighted by atomic mass is 10.00. The molecule has 1 aromatic carbocycles. The van der Waals surface area contributed by atoms with E-state index in [1.165, 1.54) is 5.56 Å². The number of rotatable bonds is 1. The highest BCUT2D eigenvalue weighted by molar-refractivity contribution is 6.07. The summed E-state index contributed by atoms with van der Waals surface area (Å²) in [6, 6.07) is 5.97. The number of morpholine rings is 1. The summed E-state index contributed by atoms with van der Waals surface area (Å²) >= 11 is 0. The van der Waals surface area contributed by atoms with E-state index in [9.17, 15) is 4.79 Å². The van der Waals surface area contributed by atoms with Crippen molar-refractivity contribution in [2.24, 2.45) is 0 Å². The van der Waals surface area contributed by atoms with E-state index in [1.807, 2.05) is 24.0 Å². The quantitative estimate of drug-likeness (QED) is 0.808. The van der Waals surface area contributed by atoms with Gasteiger partial charge in [-0.3, -0.25) is 9.78 Å². The van der Waals surface area contributed by atoms with Crippen LogP contribution in [0, 0.1) is 20.8 Å². The van der Waals surface area contributed by atoms with E-state index >= 15 is 0 Å². The summed E-state index contributed by atoms with van der Waals surface area (Å²) in [5, 5.41) is 0.945. The molecular weight excluding hydrogens is 264 g/mol. The number of amides is 1. The number of pyridine rings is 1. The summed E-state index contributed by atoms with van der Waals surface area (Å²) in [6.45, 7) is 8.63. The normalized spacial score (nSPS) is 15.5.